The lowest BCUT2D eigenvalue weighted by molar-refractivity contribution is -0.142. The number of carboxylic acids is 1. The van der Waals surface area contributed by atoms with Gasteiger partial charge in [0.05, 0.1) is 0 Å². The van der Waals surface area contributed by atoms with Gasteiger partial charge in [-0.3, -0.25) is 19.2 Å². The molecule has 0 heterocycles. The van der Waals surface area contributed by atoms with Gasteiger partial charge in [0.15, 0.2) is 0 Å². The van der Waals surface area contributed by atoms with Crippen LogP contribution in [0.2, 0.25) is 0 Å². The Morgan fingerprint density at radius 1 is 0.714 bits per heavy atom. The highest BCUT2D eigenvalue weighted by atomic mass is 32.1. The monoisotopic (exact) mass is 517 g/mol. The molecule has 7 N–H and O–H groups in total. The molecule has 0 bridgehead atoms. The van der Waals surface area contributed by atoms with E-state index in [0.717, 1.165) is 12.8 Å². The summed E-state index contributed by atoms with van der Waals surface area (Å²) in [4.78, 5) is 61.5. The fourth-order valence-electron chi connectivity index (χ4n) is 3.36. The van der Waals surface area contributed by atoms with E-state index in [1.807, 2.05) is 13.8 Å². The van der Waals surface area contributed by atoms with Crippen molar-refractivity contribution in [1.29, 1.82) is 0 Å². The maximum absolute atomic E-state index is 13.1. The third-order valence-corrected chi connectivity index (χ3v) is 5.76. The lowest BCUT2D eigenvalue weighted by atomic mass is 10.0. The predicted molar refractivity (Wildman–Crippen MR) is 137 cm³/mol. The Morgan fingerprint density at radius 2 is 1.14 bits per heavy atom. The number of unbranched alkanes of at least 4 members (excludes halogenated alkanes) is 3. The third-order valence-electron chi connectivity index (χ3n) is 5.40. The first-order valence-corrected chi connectivity index (χ1v) is 13.0. The minimum Gasteiger partial charge on any atom is -0.480 e. The van der Waals surface area contributed by atoms with Gasteiger partial charge in [-0.15, -0.1) is 0 Å². The van der Waals surface area contributed by atoms with E-state index in [-0.39, 0.29) is 12.2 Å². The van der Waals surface area contributed by atoms with Crippen molar-refractivity contribution in [2.75, 3.05) is 12.3 Å². The molecule has 4 amide bonds. The highest BCUT2D eigenvalue weighted by Gasteiger charge is 2.30. The average Bonchev–Trinajstić information content (AvgIpc) is 2.81. The summed E-state index contributed by atoms with van der Waals surface area (Å²) in [5, 5.41) is 19.8. The van der Waals surface area contributed by atoms with Crippen LogP contribution >= 0.6 is 12.6 Å². The van der Waals surface area contributed by atoms with Crippen molar-refractivity contribution in [3.05, 3.63) is 0 Å². The number of nitrogens with two attached hydrogens (primary N) is 1. The summed E-state index contributed by atoms with van der Waals surface area (Å²) in [6, 6.07) is -3.86. The Kier molecular flexibility index (Phi) is 17.7. The van der Waals surface area contributed by atoms with Crippen molar-refractivity contribution < 1.29 is 29.1 Å². The lowest BCUT2D eigenvalue weighted by Crippen LogP contribution is -2.57. The molecule has 0 aromatic rings. The van der Waals surface area contributed by atoms with Gasteiger partial charge in [-0.2, -0.15) is 12.6 Å². The van der Waals surface area contributed by atoms with Crippen LogP contribution in [0.15, 0.2) is 0 Å². The topological polar surface area (TPSA) is 180 Å². The summed E-state index contributed by atoms with van der Waals surface area (Å²) < 4.78 is 0. The molecule has 11 nitrogen and oxygen atoms in total. The lowest BCUT2D eigenvalue weighted by Gasteiger charge is -2.25. The first kappa shape index (κ1) is 32.7. The number of aliphatic carboxylic acids is 1. The van der Waals surface area contributed by atoms with Crippen LogP contribution in [-0.4, -0.2) is 71.2 Å². The number of nitrogens with one attached hydrogen (secondary N) is 4. The number of hydrogen-bond acceptors (Lipinski definition) is 7. The molecule has 0 aliphatic carbocycles. The molecule has 0 fully saturated rings. The van der Waals surface area contributed by atoms with Crippen LogP contribution in [0.3, 0.4) is 0 Å². The molecule has 0 saturated carbocycles. The van der Waals surface area contributed by atoms with E-state index in [4.69, 9.17) is 5.73 Å². The zero-order valence-corrected chi connectivity index (χ0v) is 22.0. The molecular weight excluding hydrogens is 474 g/mol. The van der Waals surface area contributed by atoms with Crippen molar-refractivity contribution >= 4 is 42.2 Å². The molecule has 202 valence electrons. The Morgan fingerprint density at radius 3 is 1.51 bits per heavy atom. The summed E-state index contributed by atoms with van der Waals surface area (Å²) in [7, 11) is 0. The Balaban J connectivity index is 5.46. The molecule has 4 atom stereocenters. The molecule has 0 aromatic heterocycles. The molecular formula is C23H43N5O6S. The second-order valence-corrected chi connectivity index (χ2v) is 8.89. The van der Waals surface area contributed by atoms with Gasteiger partial charge in [0.25, 0.3) is 0 Å². The van der Waals surface area contributed by atoms with Crippen LogP contribution in [0, 0.1) is 0 Å². The van der Waals surface area contributed by atoms with Crippen LogP contribution in [0.5, 0.6) is 0 Å². The van der Waals surface area contributed by atoms with Crippen LogP contribution in [-0.2, 0) is 24.0 Å². The zero-order chi connectivity index (χ0) is 26.8. The summed E-state index contributed by atoms with van der Waals surface area (Å²) >= 11 is 4.09. The predicted octanol–water partition coefficient (Wildman–Crippen LogP) is 0.469. The molecule has 0 aliphatic rings. The second kappa shape index (κ2) is 18.9. The number of carbonyl (C=O) groups is 5. The van der Waals surface area contributed by atoms with E-state index in [2.05, 4.69) is 33.9 Å². The minimum atomic E-state index is -1.15. The summed E-state index contributed by atoms with van der Waals surface area (Å²) in [5.41, 5.74) is 5.46. The molecule has 0 spiro atoms. The van der Waals surface area contributed by atoms with Crippen molar-refractivity contribution in [2.45, 2.75) is 103 Å². The van der Waals surface area contributed by atoms with E-state index < -0.39 is 53.8 Å². The maximum Gasteiger partial charge on any atom is 0.326 e. The summed E-state index contributed by atoms with van der Waals surface area (Å²) in [6.45, 7) is 5.59. The van der Waals surface area contributed by atoms with Gasteiger partial charge in [0.1, 0.15) is 24.2 Å². The SMILES string of the molecule is CCCC[C@H](NC(=O)[C@H](CS)NC(C)=O)C(=O)N[C@@H](CCCC)C(=O)N[C@H](CCCCN)C(=O)O. The number of thiol groups is 1. The van der Waals surface area contributed by atoms with Crippen molar-refractivity contribution in [3.63, 3.8) is 0 Å². The van der Waals surface area contributed by atoms with E-state index in [1.54, 1.807) is 0 Å². The molecule has 0 aromatic carbocycles. The van der Waals surface area contributed by atoms with Gasteiger partial charge < -0.3 is 32.1 Å². The smallest absolute Gasteiger partial charge is 0.326 e. The van der Waals surface area contributed by atoms with Crippen LogP contribution < -0.4 is 27.0 Å². The van der Waals surface area contributed by atoms with Crippen molar-refractivity contribution in [2.24, 2.45) is 5.73 Å². The van der Waals surface area contributed by atoms with Gasteiger partial charge in [-0.25, -0.2) is 4.79 Å². The van der Waals surface area contributed by atoms with Crippen molar-refractivity contribution in [1.82, 2.24) is 21.3 Å². The molecule has 0 radical (unpaired) electrons. The van der Waals surface area contributed by atoms with Crippen LogP contribution in [0.25, 0.3) is 0 Å². The maximum atomic E-state index is 13.1. The van der Waals surface area contributed by atoms with Gasteiger partial charge in [-0.1, -0.05) is 39.5 Å². The standard InChI is InChI=1S/C23H43N5O6S/c1-4-6-10-16(27-22(32)19(14-35)25-15(3)29)20(30)26-17(11-7-5-2)21(31)28-18(23(33)34)12-8-9-13-24/h16-19,35H,4-14,24H2,1-3H3,(H,25,29)(H,26,30)(H,27,32)(H,28,31)(H,33,34)/t16-,17-,18+,19-/m0/s1. The van der Waals surface area contributed by atoms with Crippen molar-refractivity contribution in [3.8, 4) is 0 Å². The molecule has 35 heavy (non-hydrogen) atoms. The highest BCUT2D eigenvalue weighted by molar-refractivity contribution is 7.80. The molecule has 12 heteroatoms. The van der Waals surface area contributed by atoms with E-state index in [9.17, 15) is 29.1 Å². The molecule has 0 saturated heterocycles. The largest absolute Gasteiger partial charge is 0.480 e. The van der Waals surface area contributed by atoms with E-state index >= 15 is 0 Å². The minimum absolute atomic E-state index is 0.0514. The van der Waals surface area contributed by atoms with Crippen LogP contribution in [0.4, 0.5) is 0 Å². The highest BCUT2D eigenvalue weighted by Crippen LogP contribution is 2.08. The van der Waals surface area contributed by atoms with Gasteiger partial charge >= 0.3 is 5.97 Å². The Labute approximate surface area is 213 Å². The normalized spacial score (nSPS) is 14.2. The Hall–Kier alpha value is -2.34. The fourth-order valence-corrected chi connectivity index (χ4v) is 3.62. The number of rotatable bonds is 19. The van der Waals surface area contributed by atoms with E-state index in [1.165, 1.54) is 6.92 Å². The number of carboxylic acid groups (broad SMARTS) is 1. The first-order chi connectivity index (χ1) is 16.6. The summed E-state index contributed by atoms with van der Waals surface area (Å²) in [6.07, 6.45) is 4.92. The molecule has 0 rings (SSSR count). The van der Waals surface area contributed by atoms with Crippen LogP contribution in [0.1, 0.15) is 78.6 Å². The number of carbonyl (C=O) groups excluding carboxylic acids is 4. The number of amides is 4. The third kappa shape index (κ3) is 14.0. The van der Waals surface area contributed by atoms with Gasteiger partial charge in [-0.05, 0) is 38.6 Å². The number of hydrogen-bond donors (Lipinski definition) is 7. The second-order valence-electron chi connectivity index (χ2n) is 8.53. The van der Waals surface area contributed by atoms with Gasteiger partial charge in [0, 0.05) is 12.7 Å². The van der Waals surface area contributed by atoms with E-state index in [0.29, 0.717) is 45.1 Å². The average molecular weight is 518 g/mol. The quantitative estimate of drug-likeness (QED) is 0.0960. The van der Waals surface area contributed by atoms with Gasteiger partial charge in [0.2, 0.25) is 23.6 Å². The molecule has 0 aliphatic heterocycles. The summed E-state index contributed by atoms with van der Waals surface area (Å²) in [5.74, 6) is -3.18. The first-order valence-electron chi connectivity index (χ1n) is 12.3. The Bertz CT molecular complexity index is 693. The molecule has 0 unspecified atom stereocenters. The fraction of sp³-hybridized carbons (Fsp3) is 0.783. The zero-order valence-electron chi connectivity index (χ0n) is 21.1.